The molecule has 5 heteroatoms. The van der Waals surface area contributed by atoms with Crippen LogP contribution < -0.4 is 4.34 Å². The summed E-state index contributed by atoms with van der Waals surface area (Å²) in [5.41, 5.74) is 0.547. The second-order valence-electron chi connectivity index (χ2n) is 2.54. The van der Waals surface area contributed by atoms with Crippen molar-refractivity contribution >= 4 is 7.75 Å². The second kappa shape index (κ2) is 3.83. The molecular formula is C8H11NO3P+. The lowest BCUT2D eigenvalue weighted by atomic mass is 10.3. The van der Waals surface area contributed by atoms with E-state index in [1.807, 2.05) is 0 Å². The van der Waals surface area contributed by atoms with Gasteiger partial charge in [-0.15, -0.1) is 10.9 Å². The quantitative estimate of drug-likeness (QED) is 0.556. The average Bonchev–Trinajstić information content (AvgIpc) is 2.04. The molecule has 0 spiro atoms. The summed E-state index contributed by atoms with van der Waals surface area (Å²) in [6.45, 7) is 3.51. The zero-order valence-corrected chi connectivity index (χ0v) is 7.89. The van der Waals surface area contributed by atoms with E-state index in [0.29, 0.717) is 12.1 Å². The summed E-state index contributed by atoms with van der Waals surface area (Å²) in [5.74, 6) is 0. The minimum Gasteiger partial charge on any atom is -0.271 e. The smallest absolute Gasteiger partial charge is 0.271 e. The Morgan fingerprint density at radius 3 is 2.77 bits per heavy atom. The van der Waals surface area contributed by atoms with Gasteiger partial charge in [-0.25, -0.2) is 0 Å². The summed E-state index contributed by atoms with van der Waals surface area (Å²) in [6.07, 6.45) is 3.40. The predicted octanol–water partition coefficient (Wildman–Crippen LogP) is 0.643. The van der Waals surface area contributed by atoms with Crippen molar-refractivity contribution in [1.82, 2.24) is 0 Å². The molecule has 2 N–H and O–H groups in total. The fourth-order valence-corrected chi connectivity index (χ4v) is 1.77. The summed E-state index contributed by atoms with van der Waals surface area (Å²) < 4.78 is 11.9. The largest absolute Gasteiger partial charge is 0.607 e. The van der Waals surface area contributed by atoms with Crippen molar-refractivity contribution in [2.75, 3.05) is 0 Å². The zero-order valence-electron chi connectivity index (χ0n) is 7.00. The first-order valence-electron chi connectivity index (χ1n) is 3.72. The van der Waals surface area contributed by atoms with Crippen LogP contribution in [0.15, 0.2) is 37.1 Å². The molecule has 0 atom stereocenters. The van der Waals surface area contributed by atoms with Crippen molar-refractivity contribution in [3.63, 3.8) is 0 Å². The van der Waals surface area contributed by atoms with E-state index in [1.165, 1.54) is 6.20 Å². The van der Waals surface area contributed by atoms with E-state index in [-0.39, 0.29) is 0 Å². The van der Waals surface area contributed by atoms with Gasteiger partial charge in [0.1, 0.15) is 0 Å². The number of aromatic nitrogens is 1. The molecule has 0 radical (unpaired) electrons. The minimum atomic E-state index is -4.22. The van der Waals surface area contributed by atoms with Crippen molar-refractivity contribution in [3.05, 3.63) is 42.7 Å². The Labute approximate surface area is 76.4 Å². The predicted molar refractivity (Wildman–Crippen MR) is 48.0 cm³/mol. The summed E-state index contributed by atoms with van der Waals surface area (Å²) in [6, 6.07) is 4.96. The molecule has 0 unspecified atom stereocenters. The lowest BCUT2D eigenvalue weighted by Gasteiger charge is -2.00. The topological polar surface area (TPSA) is 61.4 Å². The lowest BCUT2D eigenvalue weighted by molar-refractivity contribution is -0.547. The third-order valence-electron chi connectivity index (χ3n) is 1.56. The fraction of sp³-hybridized carbons (Fsp3) is 0.125. The van der Waals surface area contributed by atoms with Gasteiger partial charge in [0, 0.05) is 12.1 Å². The van der Waals surface area contributed by atoms with E-state index in [2.05, 4.69) is 6.58 Å². The zero-order chi connectivity index (χ0) is 9.90. The third-order valence-corrected chi connectivity index (χ3v) is 2.51. The van der Waals surface area contributed by atoms with Crippen LogP contribution in [0.25, 0.3) is 0 Å². The molecule has 0 bridgehead atoms. The fourth-order valence-electron chi connectivity index (χ4n) is 1.03. The maximum Gasteiger partial charge on any atom is 0.607 e. The highest BCUT2D eigenvalue weighted by molar-refractivity contribution is 7.44. The van der Waals surface area contributed by atoms with Crippen LogP contribution in [-0.4, -0.2) is 9.79 Å². The van der Waals surface area contributed by atoms with Crippen molar-refractivity contribution in [2.45, 2.75) is 6.42 Å². The molecule has 0 saturated carbocycles. The Kier molecular flexibility index (Phi) is 2.98. The highest BCUT2D eigenvalue weighted by atomic mass is 31.2. The van der Waals surface area contributed by atoms with Gasteiger partial charge in [0.2, 0.25) is 0 Å². The van der Waals surface area contributed by atoms with Crippen LogP contribution in [0.5, 0.6) is 0 Å². The molecule has 70 valence electrons. The van der Waals surface area contributed by atoms with Gasteiger partial charge in [-0.3, -0.25) is 9.79 Å². The monoisotopic (exact) mass is 200 g/mol. The Morgan fingerprint density at radius 2 is 2.23 bits per heavy atom. The number of pyridine rings is 1. The van der Waals surface area contributed by atoms with Gasteiger partial charge in [-0.2, -0.15) is 4.57 Å². The summed E-state index contributed by atoms with van der Waals surface area (Å²) in [4.78, 5) is 17.9. The molecule has 0 aliphatic heterocycles. The molecule has 1 heterocycles. The minimum absolute atomic E-state index is 0.436. The molecule has 0 aromatic carbocycles. The van der Waals surface area contributed by atoms with Gasteiger partial charge < -0.3 is 0 Å². The van der Waals surface area contributed by atoms with Gasteiger partial charge >= 0.3 is 7.75 Å². The number of rotatable bonds is 3. The number of hydrogen-bond acceptors (Lipinski definition) is 1. The molecule has 0 amide bonds. The maximum atomic E-state index is 11.0. The van der Waals surface area contributed by atoms with E-state index in [9.17, 15) is 4.57 Å². The summed E-state index contributed by atoms with van der Waals surface area (Å²) >= 11 is 0. The first-order chi connectivity index (χ1) is 6.05. The maximum absolute atomic E-state index is 11.0. The number of nitrogens with zero attached hydrogens (tertiary/aromatic N) is 1. The van der Waals surface area contributed by atoms with Crippen LogP contribution in [-0.2, 0) is 11.0 Å². The second-order valence-corrected chi connectivity index (χ2v) is 4.00. The number of hydrogen-bond donors (Lipinski definition) is 2. The van der Waals surface area contributed by atoms with Crippen molar-refractivity contribution in [2.24, 2.45) is 0 Å². The van der Waals surface area contributed by atoms with Crippen LogP contribution in [0.3, 0.4) is 0 Å². The van der Waals surface area contributed by atoms with Crippen LogP contribution in [0, 0.1) is 0 Å². The highest BCUT2D eigenvalue weighted by Crippen LogP contribution is 2.27. The molecule has 13 heavy (non-hydrogen) atoms. The van der Waals surface area contributed by atoms with E-state index in [4.69, 9.17) is 9.79 Å². The van der Waals surface area contributed by atoms with Crippen molar-refractivity contribution in [3.8, 4) is 0 Å². The summed E-state index contributed by atoms with van der Waals surface area (Å²) in [7, 11) is -4.22. The Hall–Kier alpha value is -0.960. The van der Waals surface area contributed by atoms with E-state index >= 15 is 0 Å². The molecule has 0 saturated heterocycles. The molecule has 0 fully saturated rings. The molecular weight excluding hydrogens is 189 g/mol. The normalized spacial score (nSPS) is 11.2. The Bertz CT molecular complexity index is 358. The summed E-state index contributed by atoms with van der Waals surface area (Å²) in [5, 5.41) is 0. The standard InChI is InChI=1S/C8H10NO3P/c1-2-5-8-6-3-4-7-9(8)13(10,11)12/h2-4,6-7H,1,5H2,(H-,10,11,12)/p+1. The van der Waals surface area contributed by atoms with Gasteiger partial charge in [0.15, 0.2) is 11.9 Å². The highest BCUT2D eigenvalue weighted by Gasteiger charge is 2.29. The Balaban J connectivity index is 3.19. The van der Waals surface area contributed by atoms with Crippen molar-refractivity contribution in [1.29, 1.82) is 0 Å². The number of allylic oxidation sites excluding steroid dienone is 1. The average molecular weight is 200 g/mol. The van der Waals surface area contributed by atoms with Gasteiger partial charge in [0.25, 0.3) is 0 Å². The molecule has 0 aliphatic rings. The molecule has 4 nitrogen and oxygen atoms in total. The van der Waals surface area contributed by atoms with Gasteiger partial charge in [-0.05, 0) is 0 Å². The molecule has 1 aromatic rings. The third kappa shape index (κ3) is 2.49. The van der Waals surface area contributed by atoms with Gasteiger partial charge in [-0.1, -0.05) is 12.1 Å². The first kappa shape index (κ1) is 10.1. The van der Waals surface area contributed by atoms with Crippen LogP contribution >= 0.6 is 7.75 Å². The van der Waals surface area contributed by atoms with E-state index in [1.54, 1.807) is 24.3 Å². The molecule has 1 rings (SSSR count). The Morgan fingerprint density at radius 1 is 1.54 bits per heavy atom. The van der Waals surface area contributed by atoms with Gasteiger partial charge in [0.05, 0.1) is 6.42 Å². The van der Waals surface area contributed by atoms with Crippen LogP contribution in [0.4, 0.5) is 0 Å². The van der Waals surface area contributed by atoms with E-state index < -0.39 is 7.75 Å². The molecule has 1 aromatic heterocycles. The van der Waals surface area contributed by atoms with Crippen LogP contribution in [0.2, 0.25) is 0 Å². The first-order valence-corrected chi connectivity index (χ1v) is 5.29. The molecule has 0 aliphatic carbocycles. The van der Waals surface area contributed by atoms with E-state index in [0.717, 1.165) is 4.34 Å². The van der Waals surface area contributed by atoms with Crippen LogP contribution in [0.1, 0.15) is 5.69 Å². The lowest BCUT2D eigenvalue weighted by Crippen LogP contribution is -2.34. The SMILES string of the molecule is C=CCc1cccc[n+]1P(=O)(O)O. The van der Waals surface area contributed by atoms with Crippen molar-refractivity contribution < 1.29 is 18.7 Å².